The van der Waals surface area contributed by atoms with Crippen molar-refractivity contribution in [2.75, 3.05) is 6.54 Å². The number of ether oxygens (including phenoxy) is 1. The lowest BCUT2D eigenvalue weighted by molar-refractivity contribution is 0.298. The van der Waals surface area contributed by atoms with Crippen molar-refractivity contribution in [3.8, 4) is 5.75 Å². The molecule has 0 aliphatic heterocycles. The van der Waals surface area contributed by atoms with Gasteiger partial charge in [0.15, 0.2) is 0 Å². The first-order valence-electron chi connectivity index (χ1n) is 7.05. The maximum absolute atomic E-state index is 5.88. The molecule has 0 unspecified atom stereocenters. The van der Waals surface area contributed by atoms with Crippen molar-refractivity contribution < 1.29 is 4.74 Å². The minimum atomic E-state index is 0.504. The molecule has 0 aliphatic carbocycles. The summed E-state index contributed by atoms with van der Waals surface area (Å²) in [4.78, 5) is 4.59. The number of benzene rings is 1. The Labute approximate surface area is 121 Å². The quantitative estimate of drug-likeness (QED) is 0.873. The summed E-state index contributed by atoms with van der Waals surface area (Å²) in [6.07, 6.45) is 0. The second-order valence-electron chi connectivity index (χ2n) is 4.89. The van der Waals surface area contributed by atoms with Crippen LogP contribution in [0.25, 0.3) is 0 Å². The summed E-state index contributed by atoms with van der Waals surface area (Å²) < 4.78 is 5.88. The first-order valence-corrected chi connectivity index (χ1v) is 7.05. The Morgan fingerprint density at radius 2 is 1.80 bits per heavy atom. The zero-order valence-corrected chi connectivity index (χ0v) is 12.4. The van der Waals surface area contributed by atoms with Gasteiger partial charge in [0.2, 0.25) is 0 Å². The number of nitrogens with zero attached hydrogens (tertiary/aromatic N) is 1. The fourth-order valence-corrected chi connectivity index (χ4v) is 1.99. The van der Waals surface area contributed by atoms with E-state index in [0.29, 0.717) is 6.61 Å². The molecule has 3 heteroatoms. The molecule has 0 amide bonds. The Hall–Kier alpha value is -1.87. The van der Waals surface area contributed by atoms with Gasteiger partial charge in [-0.2, -0.15) is 0 Å². The minimum Gasteiger partial charge on any atom is -0.487 e. The largest absolute Gasteiger partial charge is 0.487 e. The molecule has 1 heterocycles. The van der Waals surface area contributed by atoms with E-state index in [2.05, 4.69) is 37.1 Å². The number of pyridine rings is 1. The van der Waals surface area contributed by atoms with E-state index in [1.165, 1.54) is 11.1 Å². The molecule has 0 bridgehead atoms. The number of aryl methyl sites for hydroxylation is 1. The van der Waals surface area contributed by atoms with Crippen LogP contribution in [0.5, 0.6) is 5.75 Å². The highest BCUT2D eigenvalue weighted by Crippen LogP contribution is 2.21. The van der Waals surface area contributed by atoms with Crippen LogP contribution in [0.1, 0.15) is 29.4 Å². The number of nitrogens with one attached hydrogen (secondary N) is 1. The van der Waals surface area contributed by atoms with Crippen LogP contribution in [-0.2, 0) is 13.2 Å². The van der Waals surface area contributed by atoms with Crippen molar-refractivity contribution in [3.63, 3.8) is 0 Å². The Balaban J connectivity index is 2.01. The molecular weight excluding hydrogens is 248 g/mol. The number of aromatic nitrogens is 1. The van der Waals surface area contributed by atoms with Crippen LogP contribution < -0.4 is 10.1 Å². The van der Waals surface area contributed by atoms with Gasteiger partial charge in [-0.1, -0.05) is 25.1 Å². The van der Waals surface area contributed by atoms with Crippen molar-refractivity contribution in [2.24, 2.45) is 0 Å². The molecule has 20 heavy (non-hydrogen) atoms. The normalized spacial score (nSPS) is 10.6. The molecule has 0 saturated heterocycles. The van der Waals surface area contributed by atoms with Gasteiger partial charge >= 0.3 is 0 Å². The van der Waals surface area contributed by atoms with Crippen LogP contribution in [0.2, 0.25) is 0 Å². The smallest absolute Gasteiger partial charge is 0.130 e. The van der Waals surface area contributed by atoms with E-state index < -0.39 is 0 Å². The van der Waals surface area contributed by atoms with Crippen LogP contribution >= 0.6 is 0 Å². The van der Waals surface area contributed by atoms with Gasteiger partial charge < -0.3 is 10.1 Å². The molecule has 0 aliphatic rings. The molecule has 1 aromatic carbocycles. The molecule has 0 radical (unpaired) electrons. The van der Waals surface area contributed by atoms with Gasteiger partial charge in [-0.05, 0) is 49.7 Å². The molecule has 1 N–H and O–H groups in total. The highest BCUT2D eigenvalue weighted by Gasteiger charge is 2.03. The third-order valence-corrected chi connectivity index (χ3v) is 3.35. The fraction of sp³-hybridized carbons (Fsp3) is 0.353. The predicted molar refractivity (Wildman–Crippen MR) is 81.9 cm³/mol. The van der Waals surface area contributed by atoms with E-state index in [0.717, 1.165) is 30.2 Å². The van der Waals surface area contributed by atoms with Crippen LogP contribution in [0.15, 0.2) is 36.4 Å². The monoisotopic (exact) mass is 270 g/mol. The van der Waals surface area contributed by atoms with Crippen LogP contribution in [0.4, 0.5) is 0 Å². The zero-order chi connectivity index (χ0) is 14.4. The average molecular weight is 270 g/mol. The predicted octanol–water partition coefficient (Wildman–Crippen LogP) is 3.39. The second-order valence-corrected chi connectivity index (χ2v) is 4.89. The van der Waals surface area contributed by atoms with Gasteiger partial charge in [0.25, 0.3) is 0 Å². The molecule has 0 atom stereocenters. The minimum absolute atomic E-state index is 0.504. The van der Waals surface area contributed by atoms with Crippen LogP contribution in [0, 0.1) is 13.8 Å². The Morgan fingerprint density at radius 1 is 1.05 bits per heavy atom. The molecule has 1 aromatic heterocycles. The Kier molecular flexibility index (Phi) is 5.13. The van der Waals surface area contributed by atoms with Gasteiger partial charge in [-0.15, -0.1) is 0 Å². The molecule has 2 aromatic rings. The summed E-state index contributed by atoms with van der Waals surface area (Å²) >= 11 is 0. The number of hydrogen-bond acceptors (Lipinski definition) is 3. The van der Waals surface area contributed by atoms with Gasteiger partial charge in [0.1, 0.15) is 12.4 Å². The SMILES string of the molecule is CCNCc1cccc(COc2cccc(C)c2C)n1. The maximum Gasteiger partial charge on any atom is 0.130 e. The van der Waals surface area contributed by atoms with Crippen LogP contribution in [0.3, 0.4) is 0 Å². The van der Waals surface area contributed by atoms with Crippen LogP contribution in [-0.4, -0.2) is 11.5 Å². The van der Waals surface area contributed by atoms with Crippen molar-refractivity contribution in [3.05, 3.63) is 58.9 Å². The molecule has 3 nitrogen and oxygen atoms in total. The average Bonchev–Trinajstić information content (AvgIpc) is 2.47. The zero-order valence-electron chi connectivity index (χ0n) is 12.4. The summed E-state index contributed by atoms with van der Waals surface area (Å²) in [6.45, 7) is 8.52. The Morgan fingerprint density at radius 3 is 2.60 bits per heavy atom. The molecular formula is C17H22N2O. The molecule has 106 valence electrons. The van der Waals surface area contributed by atoms with Crippen molar-refractivity contribution >= 4 is 0 Å². The van der Waals surface area contributed by atoms with Gasteiger partial charge in [0, 0.05) is 6.54 Å². The van der Waals surface area contributed by atoms with E-state index in [1.807, 2.05) is 30.3 Å². The lowest BCUT2D eigenvalue weighted by Crippen LogP contribution is -2.13. The summed E-state index contributed by atoms with van der Waals surface area (Å²) in [5.41, 5.74) is 4.45. The standard InChI is InChI=1S/C17H22N2O/c1-4-18-11-15-8-6-9-16(19-15)12-20-17-10-5-7-13(2)14(17)3/h5-10,18H,4,11-12H2,1-3H3. The first-order chi connectivity index (χ1) is 9.70. The maximum atomic E-state index is 5.88. The third-order valence-electron chi connectivity index (χ3n) is 3.35. The molecule has 0 saturated carbocycles. The highest BCUT2D eigenvalue weighted by molar-refractivity contribution is 5.38. The van der Waals surface area contributed by atoms with E-state index in [9.17, 15) is 0 Å². The van der Waals surface area contributed by atoms with E-state index >= 15 is 0 Å². The second kappa shape index (κ2) is 7.06. The Bertz CT molecular complexity index is 567. The van der Waals surface area contributed by atoms with Crippen molar-refractivity contribution in [2.45, 2.75) is 33.9 Å². The lowest BCUT2D eigenvalue weighted by atomic mass is 10.1. The summed E-state index contributed by atoms with van der Waals surface area (Å²) in [6, 6.07) is 12.2. The fourth-order valence-electron chi connectivity index (χ4n) is 1.99. The molecule has 0 fully saturated rings. The topological polar surface area (TPSA) is 34.1 Å². The van der Waals surface area contributed by atoms with Gasteiger partial charge in [-0.3, -0.25) is 4.98 Å². The van der Waals surface area contributed by atoms with E-state index in [1.54, 1.807) is 0 Å². The van der Waals surface area contributed by atoms with E-state index in [-0.39, 0.29) is 0 Å². The highest BCUT2D eigenvalue weighted by atomic mass is 16.5. The van der Waals surface area contributed by atoms with Gasteiger partial charge in [0.05, 0.1) is 11.4 Å². The summed E-state index contributed by atoms with van der Waals surface area (Å²) in [5, 5.41) is 3.28. The molecule has 2 rings (SSSR count). The van der Waals surface area contributed by atoms with Gasteiger partial charge in [-0.25, -0.2) is 0 Å². The summed E-state index contributed by atoms with van der Waals surface area (Å²) in [5.74, 6) is 0.934. The van der Waals surface area contributed by atoms with E-state index in [4.69, 9.17) is 4.74 Å². The number of rotatable bonds is 6. The molecule has 0 spiro atoms. The van der Waals surface area contributed by atoms with Crippen molar-refractivity contribution in [1.29, 1.82) is 0 Å². The number of hydrogen-bond donors (Lipinski definition) is 1. The summed E-state index contributed by atoms with van der Waals surface area (Å²) in [7, 11) is 0. The third kappa shape index (κ3) is 3.81. The van der Waals surface area contributed by atoms with Crippen molar-refractivity contribution in [1.82, 2.24) is 10.3 Å². The lowest BCUT2D eigenvalue weighted by Gasteiger charge is -2.11. The first kappa shape index (κ1) is 14.5.